The second kappa shape index (κ2) is 27.7. The molecule has 0 fully saturated rings. The molecule has 0 aromatic carbocycles. The van der Waals surface area contributed by atoms with Crippen molar-refractivity contribution in [2.45, 2.75) is 207 Å². The highest BCUT2D eigenvalue weighted by atomic mass is 15.0. The third kappa shape index (κ3) is 20.1. The van der Waals surface area contributed by atoms with Crippen LogP contribution >= 0.6 is 0 Å². The summed E-state index contributed by atoms with van der Waals surface area (Å²) in [5.41, 5.74) is 3.34. The topological polar surface area (TPSA) is 3.88 Å². The molecule has 1 rings (SSSR count). The van der Waals surface area contributed by atoms with E-state index in [9.17, 15) is 0 Å². The van der Waals surface area contributed by atoms with E-state index in [4.69, 9.17) is 0 Å². The predicted octanol–water partition coefficient (Wildman–Crippen LogP) is 12.3. The number of aryl methyl sites for hydroxylation is 2. The molecule has 1 nitrogen and oxygen atoms in total. The van der Waals surface area contributed by atoms with Crippen LogP contribution in [0.15, 0.2) is 18.3 Å². The summed E-state index contributed by atoms with van der Waals surface area (Å²) in [6.07, 6.45) is 41.9. The molecule has 0 aliphatic heterocycles. The second-order valence-corrected chi connectivity index (χ2v) is 12.3. The van der Waals surface area contributed by atoms with Gasteiger partial charge in [-0.1, -0.05) is 162 Å². The normalized spacial score (nSPS) is 11.4. The molecule has 38 heavy (non-hydrogen) atoms. The molecule has 1 aromatic heterocycles. The first-order chi connectivity index (χ1) is 18.8. The fourth-order valence-electron chi connectivity index (χ4n) is 6.02. The molecule has 0 saturated carbocycles. The van der Waals surface area contributed by atoms with E-state index < -0.39 is 0 Å². The standard InChI is InChI=1S/C37H70N/c1-4-7-10-13-16-18-20-22-24-27-31-36-32-30-35-38(34-29-26-15-12-9-6-3)37(36)33-28-25-23-21-19-17-14-11-8-5-2/h30,32,35H,4-29,31,33-34H2,1-3H3/q+1. The molecule has 0 atom stereocenters. The van der Waals surface area contributed by atoms with Crippen LogP contribution in [0.2, 0.25) is 0 Å². The summed E-state index contributed by atoms with van der Waals surface area (Å²) >= 11 is 0. The van der Waals surface area contributed by atoms with Crippen LogP contribution < -0.4 is 4.57 Å². The minimum Gasteiger partial charge on any atom is -0.202 e. The van der Waals surface area contributed by atoms with E-state index in [1.54, 1.807) is 11.3 Å². The molecular formula is C37H70N+. The average molecular weight is 529 g/mol. The summed E-state index contributed by atoms with van der Waals surface area (Å²) in [4.78, 5) is 0. The highest BCUT2D eigenvalue weighted by molar-refractivity contribution is 5.16. The Bertz CT molecular complexity index is 607. The minimum atomic E-state index is 1.23. The fraction of sp³-hybridized carbons (Fsp3) is 0.865. The summed E-state index contributed by atoms with van der Waals surface area (Å²) in [5, 5.41) is 0. The van der Waals surface area contributed by atoms with Gasteiger partial charge in [-0.15, -0.1) is 0 Å². The van der Waals surface area contributed by atoms with Gasteiger partial charge in [-0.25, -0.2) is 4.57 Å². The summed E-state index contributed by atoms with van der Waals surface area (Å²) in [5.74, 6) is 0. The molecule has 0 amide bonds. The zero-order valence-corrected chi connectivity index (χ0v) is 26.7. The third-order valence-electron chi connectivity index (χ3n) is 8.60. The summed E-state index contributed by atoms with van der Waals surface area (Å²) in [6, 6.07) is 4.79. The minimum absolute atomic E-state index is 1.23. The van der Waals surface area contributed by atoms with Crippen molar-refractivity contribution >= 4 is 0 Å². The molecule has 0 aliphatic rings. The van der Waals surface area contributed by atoms with E-state index in [0.29, 0.717) is 0 Å². The van der Waals surface area contributed by atoms with Gasteiger partial charge < -0.3 is 0 Å². The molecule has 0 unspecified atom stereocenters. The van der Waals surface area contributed by atoms with Gasteiger partial charge in [-0.05, 0) is 31.7 Å². The lowest BCUT2D eigenvalue weighted by atomic mass is 9.99. The molecule has 1 heterocycles. The molecule has 0 spiro atoms. The molecular weight excluding hydrogens is 458 g/mol. The van der Waals surface area contributed by atoms with Crippen molar-refractivity contribution in [3.63, 3.8) is 0 Å². The number of hydrogen-bond donors (Lipinski definition) is 0. The maximum absolute atomic E-state index is 2.65. The van der Waals surface area contributed by atoms with Gasteiger partial charge in [0.15, 0.2) is 11.9 Å². The van der Waals surface area contributed by atoms with E-state index in [1.807, 2.05) is 0 Å². The summed E-state index contributed by atoms with van der Waals surface area (Å²) in [6.45, 7) is 8.17. The maximum atomic E-state index is 2.65. The van der Waals surface area contributed by atoms with Gasteiger partial charge in [-0.2, -0.15) is 0 Å². The van der Waals surface area contributed by atoms with Crippen molar-refractivity contribution in [2.75, 3.05) is 0 Å². The molecule has 0 saturated heterocycles. The second-order valence-electron chi connectivity index (χ2n) is 12.3. The SMILES string of the molecule is CCCCCCCCCCCCc1ccc[n+](CCCCCCCC)c1CCCCCCCCCCCC. The van der Waals surface area contributed by atoms with Crippen molar-refractivity contribution in [3.8, 4) is 0 Å². The average Bonchev–Trinajstić information content (AvgIpc) is 2.93. The van der Waals surface area contributed by atoms with Gasteiger partial charge >= 0.3 is 0 Å². The van der Waals surface area contributed by atoms with Crippen molar-refractivity contribution in [1.82, 2.24) is 0 Å². The Kier molecular flexibility index (Phi) is 25.6. The van der Waals surface area contributed by atoms with Crippen LogP contribution in [-0.2, 0) is 19.4 Å². The van der Waals surface area contributed by atoms with Crippen LogP contribution in [0.1, 0.15) is 199 Å². The molecule has 0 bridgehead atoms. The number of pyridine rings is 1. The first-order valence-corrected chi connectivity index (χ1v) is 17.8. The van der Waals surface area contributed by atoms with E-state index in [1.165, 1.54) is 186 Å². The highest BCUT2D eigenvalue weighted by Gasteiger charge is 2.15. The van der Waals surface area contributed by atoms with Crippen LogP contribution in [0.3, 0.4) is 0 Å². The first-order valence-electron chi connectivity index (χ1n) is 17.8. The summed E-state index contributed by atoms with van der Waals surface area (Å²) in [7, 11) is 0. The Morgan fingerprint density at radius 2 is 0.789 bits per heavy atom. The lowest BCUT2D eigenvalue weighted by molar-refractivity contribution is -0.705. The lowest BCUT2D eigenvalue weighted by Gasteiger charge is -2.10. The quantitative estimate of drug-likeness (QED) is 0.0719. The van der Waals surface area contributed by atoms with Crippen LogP contribution in [0.5, 0.6) is 0 Å². The zero-order chi connectivity index (χ0) is 27.4. The van der Waals surface area contributed by atoms with Crippen LogP contribution in [0, 0.1) is 0 Å². The predicted molar refractivity (Wildman–Crippen MR) is 171 cm³/mol. The number of nitrogens with zero attached hydrogens (tertiary/aromatic N) is 1. The molecule has 1 heteroatoms. The van der Waals surface area contributed by atoms with Gasteiger partial charge in [0, 0.05) is 24.5 Å². The van der Waals surface area contributed by atoms with Gasteiger partial charge in [0.25, 0.3) is 0 Å². The van der Waals surface area contributed by atoms with Crippen molar-refractivity contribution in [2.24, 2.45) is 0 Å². The largest absolute Gasteiger partial charge is 0.202 e. The number of rotatable bonds is 29. The van der Waals surface area contributed by atoms with Crippen molar-refractivity contribution in [1.29, 1.82) is 0 Å². The molecule has 222 valence electrons. The number of unbranched alkanes of at least 4 members (excludes halogenated alkanes) is 23. The highest BCUT2D eigenvalue weighted by Crippen LogP contribution is 2.17. The van der Waals surface area contributed by atoms with E-state index in [0.717, 1.165) is 0 Å². The molecule has 0 radical (unpaired) electrons. The van der Waals surface area contributed by atoms with Crippen LogP contribution in [0.25, 0.3) is 0 Å². The van der Waals surface area contributed by atoms with Crippen LogP contribution in [0.4, 0.5) is 0 Å². The Balaban J connectivity index is 2.41. The summed E-state index contributed by atoms with van der Waals surface area (Å²) < 4.78 is 2.65. The monoisotopic (exact) mass is 529 g/mol. The van der Waals surface area contributed by atoms with E-state index >= 15 is 0 Å². The molecule has 1 aromatic rings. The Morgan fingerprint density at radius 3 is 1.24 bits per heavy atom. The number of hydrogen-bond acceptors (Lipinski definition) is 0. The van der Waals surface area contributed by atoms with E-state index in [2.05, 4.69) is 43.7 Å². The molecule has 0 N–H and O–H groups in total. The van der Waals surface area contributed by atoms with E-state index in [-0.39, 0.29) is 0 Å². The van der Waals surface area contributed by atoms with Gasteiger partial charge in [0.05, 0.1) is 0 Å². The number of aromatic nitrogens is 1. The van der Waals surface area contributed by atoms with Crippen molar-refractivity contribution < 1.29 is 4.57 Å². The third-order valence-corrected chi connectivity index (χ3v) is 8.60. The van der Waals surface area contributed by atoms with Crippen LogP contribution in [-0.4, -0.2) is 0 Å². The fourth-order valence-corrected chi connectivity index (χ4v) is 6.02. The maximum Gasteiger partial charge on any atom is 0.184 e. The molecule has 0 aliphatic carbocycles. The van der Waals surface area contributed by atoms with Gasteiger partial charge in [0.1, 0.15) is 6.54 Å². The van der Waals surface area contributed by atoms with Crippen molar-refractivity contribution in [3.05, 3.63) is 29.6 Å². The Hall–Kier alpha value is -0.850. The Morgan fingerprint density at radius 1 is 0.421 bits per heavy atom. The first kappa shape index (κ1) is 35.2. The Labute approximate surface area is 241 Å². The smallest absolute Gasteiger partial charge is 0.184 e. The van der Waals surface area contributed by atoms with Gasteiger partial charge in [0.2, 0.25) is 0 Å². The van der Waals surface area contributed by atoms with Gasteiger partial charge in [-0.3, -0.25) is 0 Å². The lowest BCUT2D eigenvalue weighted by Crippen LogP contribution is -2.39. The zero-order valence-electron chi connectivity index (χ0n) is 26.7.